The van der Waals surface area contributed by atoms with Crippen LogP contribution in [0.5, 0.6) is 11.5 Å². The largest absolute Gasteiger partial charge is 0.454 e. The Hall–Kier alpha value is -2.52. The van der Waals surface area contributed by atoms with Crippen LogP contribution < -0.4 is 10.5 Å². The van der Waals surface area contributed by atoms with E-state index in [2.05, 4.69) is 0 Å². The summed E-state index contributed by atoms with van der Waals surface area (Å²) in [6.07, 6.45) is 1.08. The number of nitriles is 1. The highest BCUT2D eigenvalue weighted by atomic mass is 32.2. The van der Waals surface area contributed by atoms with Gasteiger partial charge in [0, 0.05) is 6.26 Å². The van der Waals surface area contributed by atoms with Crippen molar-refractivity contribution >= 4 is 15.5 Å². The highest BCUT2D eigenvalue weighted by Gasteiger charge is 2.16. The van der Waals surface area contributed by atoms with E-state index in [9.17, 15) is 8.42 Å². The standard InChI is InChI=1S/C14H12N2O3S/c1-20(17,18)13-8-4-7-12(14(13)16)19-11-6-3-2-5-10(11)9-15/h2-8H,16H2,1H3. The number of hydrogen-bond acceptors (Lipinski definition) is 5. The number of hydrogen-bond donors (Lipinski definition) is 1. The molecule has 0 amide bonds. The summed E-state index contributed by atoms with van der Waals surface area (Å²) in [5.74, 6) is 0.531. The Bertz CT molecular complexity index is 792. The minimum absolute atomic E-state index is 0.00411. The second-order valence-electron chi connectivity index (χ2n) is 4.15. The molecule has 0 fully saturated rings. The summed E-state index contributed by atoms with van der Waals surface area (Å²) in [4.78, 5) is 0.00411. The zero-order valence-corrected chi connectivity index (χ0v) is 11.5. The fraction of sp³-hybridized carbons (Fsp3) is 0.0714. The van der Waals surface area contributed by atoms with Crippen LogP contribution in [0.4, 0.5) is 5.69 Å². The summed E-state index contributed by atoms with van der Waals surface area (Å²) in [5, 5.41) is 8.99. The Morgan fingerprint density at radius 2 is 1.75 bits per heavy atom. The van der Waals surface area contributed by atoms with Crippen LogP contribution >= 0.6 is 0 Å². The third kappa shape index (κ3) is 2.73. The van der Waals surface area contributed by atoms with E-state index in [0.717, 1.165) is 6.26 Å². The van der Waals surface area contributed by atoms with Crippen molar-refractivity contribution < 1.29 is 13.2 Å². The lowest BCUT2D eigenvalue weighted by atomic mass is 10.2. The van der Waals surface area contributed by atoms with Gasteiger partial charge in [-0.1, -0.05) is 18.2 Å². The molecule has 0 aromatic heterocycles. The summed E-state index contributed by atoms with van der Waals surface area (Å²) in [5.41, 5.74) is 6.20. The highest BCUT2D eigenvalue weighted by Crippen LogP contribution is 2.33. The maximum absolute atomic E-state index is 11.6. The molecule has 0 aliphatic heterocycles. The van der Waals surface area contributed by atoms with Gasteiger partial charge >= 0.3 is 0 Å². The molecule has 5 nitrogen and oxygen atoms in total. The number of sulfone groups is 1. The van der Waals surface area contributed by atoms with Crippen LogP contribution in [0.25, 0.3) is 0 Å². The Labute approximate surface area is 117 Å². The van der Waals surface area contributed by atoms with Crippen LogP contribution in [0, 0.1) is 11.3 Å². The van der Waals surface area contributed by atoms with Crippen molar-refractivity contribution in [1.29, 1.82) is 5.26 Å². The summed E-state index contributed by atoms with van der Waals surface area (Å²) in [7, 11) is -3.43. The van der Waals surface area contributed by atoms with Crippen LogP contribution in [0.3, 0.4) is 0 Å². The zero-order valence-electron chi connectivity index (χ0n) is 10.7. The van der Waals surface area contributed by atoms with Gasteiger partial charge in [0.05, 0.1) is 16.1 Å². The number of ether oxygens (including phenoxy) is 1. The van der Waals surface area contributed by atoms with Crippen molar-refractivity contribution in [1.82, 2.24) is 0 Å². The molecule has 0 aliphatic carbocycles. The van der Waals surface area contributed by atoms with Gasteiger partial charge in [0.2, 0.25) is 0 Å². The Kier molecular flexibility index (Phi) is 3.63. The number of para-hydroxylation sites is 2. The average molecular weight is 288 g/mol. The monoisotopic (exact) mass is 288 g/mol. The van der Waals surface area contributed by atoms with Crippen molar-refractivity contribution in [2.45, 2.75) is 4.90 Å². The number of nitrogen functional groups attached to an aromatic ring is 1. The highest BCUT2D eigenvalue weighted by molar-refractivity contribution is 7.90. The van der Waals surface area contributed by atoms with Gasteiger partial charge in [-0.25, -0.2) is 8.42 Å². The molecule has 6 heteroatoms. The first kappa shape index (κ1) is 13.9. The van der Waals surface area contributed by atoms with Crippen molar-refractivity contribution in [3.05, 3.63) is 48.0 Å². The van der Waals surface area contributed by atoms with Gasteiger partial charge in [-0.15, -0.1) is 0 Å². The van der Waals surface area contributed by atoms with E-state index in [1.54, 1.807) is 30.3 Å². The number of nitrogens with zero attached hydrogens (tertiary/aromatic N) is 1. The average Bonchev–Trinajstić information content (AvgIpc) is 2.40. The number of rotatable bonds is 3. The maximum Gasteiger partial charge on any atom is 0.177 e. The summed E-state index contributed by atoms with van der Waals surface area (Å²) >= 11 is 0. The molecule has 0 radical (unpaired) electrons. The molecule has 0 heterocycles. The third-order valence-electron chi connectivity index (χ3n) is 2.65. The predicted octanol–water partition coefficient (Wildman–Crippen LogP) is 2.34. The first-order valence-corrected chi connectivity index (χ1v) is 7.58. The fourth-order valence-electron chi connectivity index (χ4n) is 1.70. The Balaban J connectivity index is 2.48. The van der Waals surface area contributed by atoms with Crippen molar-refractivity contribution in [2.24, 2.45) is 0 Å². The van der Waals surface area contributed by atoms with Gasteiger partial charge in [-0.3, -0.25) is 0 Å². The van der Waals surface area contributed by atoms with Gasteiger partial charge in [0.15, 0.2) is 15.6 Å². The van der Waals surface area contributed by atoms with Crippen molar-refractivity contribution in [3.63, 3.8) is 0 Å². The zero-order chi connectivity index (χ0) is 14.8. The molecule has 0 spiro atoms. The van der Waals surface area contributed by atoms with Crippen LogP contribution in [-0.4, -0.2) is 14.7 Å². The lowest BCUT2D eigenvalue weighted by Crippen LogP contribution is -2.04. The Morgan fingerprint density at radius 1 is 1.10 bits per heavy atom. The first-order chi connectivity index (χ1) is 9.43. The van der Waals surface area contributed by atoms with E-state index in [1.165, 1.54) is 12.1 Å². The number of benzene rings is 2. The van der Waals surface area contributed by atoms with Gasteiger partial charge in [0.1, 0.15) is 11.8 Å². The summed E-state index contributed by atoms with van der Waals surface area (Å²) < 4.78 is 28.7. The van der Waals surface area contributed by atoms with Crippen LogP contribution in [0.15, 0.2) is 47.4 Å². The molecule has 0 aliphatic rings. The molecular formula is C14H12N2O3S. The molecule has 0 unspecified atom stereocenters. The van der Waals surface area contributed by atoms with E-state index < -0.39 is 9.84 Å². The van der Waals surface area contributed by atoms with E-state index >= 15 is 0 Å². The molecule has 0 bridgehead atoms. The lowest BCUT2D eigenvalue weighted by molar-refractivity contribution is 0.482. The second kappa shape index (κ2) is 5.23. The van der Waals surface area contributed by atoms with E-state index in [-0.39, 0.29) is 16.3 Å². The molecule has 0 saturated carbocycles. The molecule has 20 heavy (non-hydrogen) atoms. The van der Waals surface area contributed by atoms with Crippen LogP contribution in [0.2, 0.25) is 0 Å². The fourth-order valence-corrected chi connectivity index (χ4v) is 2.53. The summed E-state index contributed by atoms with van der Waals surface area (Å²) in [6.45, 7) is 0. The minimum atomic E-state index is -3.43. The van der Waals surface area contributed by atoms with Crippen molar-refractivity contribution in [2.75, 3.05) is 12.0 Å². The molecule has 102 valence electrons. The molecule has 0 saturated heterocycles. The molecule has 0 atom stereocenters. The SMILES string of the molecule is CS(=O)(=O)c1cccc(Oc2ccccc2C#N)c1N. The van der Waals surface area contributed by atoms with E-state index in [1.807, 2.05) is 6.07 Å². The van der Waals surface area contributed by atoms with Crippen LogP contribution in [0.1, 0.15) is 5.56 Å². The third-order valence-corrected chi connectivity index (χ3v) is 3.81. The maximum atomic E-state index is 11.6. The van der Waals surface area contributed by atoms with Gasteiger partial charge < -0.3 is 10.5 Å². The van der Waals surface area contributed by atoms with Gasteiger partial charge in [-0.2, -0.15) is 5.26 Å². The molecule has 2 aromatic carbocycles. The quantitative estimate of drug-likeness (QED) is 0.875. The smallest absolute Gasteiger partial charge is 0.177 e. The van der Waals surface area contributed by atoms with Gasteiger partial charge in [-0.05, 0) is 24.3 Å². The van der Waals surface area contributed by atoms with E-state index in [0.29, 0.717) is 11.3 Å². The first-order valence-electron chi connectivity index (χ1n) is 5.69. The Morgan fingerprint density at radius 3 is 2.40 bits per heavy atom. The lowest BCUT2D eigenvalue weighted by Gasteiger charge is -2.11. The summed E-state index contributed by atoms with van der Waals surface area (Å²) in [6, 6.07) is 13.1. The van der Waals surface area contributed by atoms with Crippen molar-refractivity contribution in [3.8, 4) is 17.6 Å². The normalized spacial score (nSPS) is 10.8. The predicted molar refractivity (Wildman–Crippen MR) is 75.2 cm³/mol. The van der Waals surface area contributed by atoms with Gasteiger partial charge in [0.25, 0.3) is 0 Å². The van der Waals surface area contributed by atoms with Crippen LogP contribution in [-0.2, 0) is 9.84 Å². The molecule has 2 N–H and O–H groups in total. The molecule has 2 aromatic rings. The minimum Gasteiger partial charge on any atom is -0.454 e. The number of anilines is 1. The topological polar surface area (TPSA) is 93.2 Å². The molecule has 2 rings (SSSR count). The molecular weight excluding hydrogens is 276 g/mol. The van der Waals surface area contributed by atoms with E-state index in [4.69, 9.17) is 15.7 Å². The number of nitrogens with two attached hydrogens (primary N) is 1. The second-order valence-corrected chi connectivity index (χ2v) is 6.13.